The average Bonchev–Trinajstić information content (AvgIpc) is 2.40. The molecule has 0 heterocycles. The van der Waals surface area contributed by atoms with Crippen molar-refractivity contribution < 1.29 is 9.18 Å². The molecule has 0 saturated heterocycles. The highest BCUT2D eigenvalue weighted by molar-refractivity contribution is 5.92. The number of hydrogen-bond donors (Lipinski definition) is 1. The van der Waals surface area contributed by atoms with Crippen LogP contribution in [0.1, 0.15) is 40.0 Å². The topological polar surface area (TPSA) is 32.3 Å². The normalized spacial score (nSPS) is 11.1. The van der Waals surface area contributed by atoms with Crippen LogP contribution in [-0.2, 0) is 4.79 Å². The van der Waals surface area contributed by atoms with E-state index >= 15 is 0 Å². The largest absolute Gasteiger partial charge is 0.322 e. The third kappa shape index (κ3) is 5.70. The van der Waals surface area contributed by atoms with Crippen LogP contribution in [0.2, 0.25) is 0 Å². The van der Waals surface area contributed by atoms with Gasteiger partial charge in [0.1, 0.15) is 5.82 Å². The van der Waals surface area contributed by atoms with Gasteiger partial charge in [0.05, 0.1) is 12.2 Å². The number of anilines is 1. The molecule has 0 aliphatic heterocycles. The summed E-state index contributed by atoms with van der Waals surface area (Å²) in [6.45, 7) is 7.50. The van der Waals surface area contributed by atoms with Crippen molar-refractivity contribution in [3.63, 3.8) is 0 Å². The van der Waals surface area contributed by atoms with E-state index in [1.54, 1.807) is 18.2 Å². The van der Waals surface area contributed by atoms with Crippen LogP contribution < -0.4 is 5.32 Å². The molecule has 0 bridgehead atoms. The number of halogens is 1. The van der Waals surface area contributed by atoms with Gasteiger partial charge in [-0.15, -0.1) is 0 Å². The fourth-order valence-electron chi connectivity index (χ4n) is 2.02. The Morgan fingerprint density at radius 1 is 1.30 bits per heavy atom. The Morgan fingerprint density at radius 3 is 2.60 bits per heavy atom. The van der Waals surface area contributed by atoms with Gasteiger partial charge in [0, 0.05) is 6.04 Å². The van der Waals surface area contributed by atoms with Gasteiger partial charge in [0.25, 0.3) is 0 Å². The van der Waals surface area contributed by atoms with Crippen molar-refractivity contribution in [3.05, 3.63) is 30.1 Å². The van der Waals surface area contributed by atoms with E-state index < -0.39 is 5.82 Å². The zero-order chi connectivity index (χ0) is 15.0. The lowest BCUT2D eigenvalue weighted by molar-refractivity contribution is -0.117. The molecule has 3 nitrogen and oxygen atoms in total. The SMILES string of the molecule is CCCCCN(CC(=O)Nc1ccccc1F)C(C)C. The molecule has 1 amide bonds. The van der Waals surface area contributed by atoms with Crippen molar-refractivity contribution in [2.75, 3.05) is 18.4 Å². The van der Waals surface area contributed by atoms with Gasteiger partial charge in [0.15, 0.2) is 0 Å². The summed E-state index contributed by atoms with van der Waals surface area (Å²) in [6.07, 6.45) is 3.41. The maximum Gasteiger partial charge on any atom is 0.238 e. The lowest BCUT2D eigenvalue weighted by Crippen LogP contribution is -2.38. The Balaban J connectivity index is 2.51. The average molecular weight is 280 g/mol. The number of rotatable bonds is 8. The first-order chi connectivity index (χ1) is 9.54. The van der Waals surface area contributed by atoms with Crippen LogP contribution in [0.25, 0.3) is 0 Å². The zero-order valence-corrected chi connectivity index (χ0v) is 12.7. The van der Waals surface area contributed by atoms with Crippen molar-refractivity contribution in [2.45, 2.75) is 46.1 Å². The Morgan fingerprint density at radius 2 is 2.00 bits per heavy atom. The molecule has 0 aliphatic rings. The van der Waals surface area contributed by atoms with Gasteiger partial charge < -0.3 is 5.32 Å². The number of para-hydroxylation sites is 1. The molecule has 0 atom stereocenters. The minimum Gasteiger partial charge on any atom is -0.322 e. The summed E-state index contributed by atoms with van der Waals surface area (Å²) in [6, 6.07) is 6.54. The minimum absolute atomic E-state index is 0.166. The number of hydrogen-bond acceptors (Lipinski definition) is 2. The third-order valence-electron chi connectivity index (χ3n) is 3.27. The number of nitrogens with zero attached hydrogens (tertiary/aromatic N) is 1. The molecule has 4 heteroatoms. The smallest absolute Gasteiger partial charge is 0.238 e. The number of unbranched alkanes of at least 4 members (excludes halogenated alkanes) is 2. The molecule has 0 saturated carbocycles. The Kier molecular flexibility index (Phi) is 7.23. The van der Waals surface area contributed by atoms with Gasteiger partial charge in [-0.05, 0) is 38.9 Å². The quantitative estimate of drug-likeness (QED) is 0.737. The second-order valence-corrected chi connectivity index (χ2v) is 5.30. The molecule has 0 spiro atoms. The number of benzene rings is 1. The van der Waals surface area contributed by atoms with Gasteiger partial charge in [-0.2, -0.15) is 0 Å². The highest BCUT2D eigenvalue weighted by atomic mass is 19.1. The van der Waals surface area contributed by atoms with E-state index in [0.29, 0.717) is 12.6 Å². The van der Waals surface area contributed by atoms with Crippen molar-refractivity contribution in [3.8, 4) is 0 Å². The molecule has 1 rings (SSSR count). The highest BCUT2D eigenvalue weighted by Gasteiger charge is 2.14. The third-order valence-corrected chi connectivity index (χ3v) is 3.27. The monoisotopic (exact) mass is 280 g/mol. The Hall–Kier alpha value is -1.42. The summed E-state index contributed by atoms with van der Waals surface area (Å²) in [4.78, 5) is 14.1. The molecular formula is C16H25FN2O. The molecule has 1 aromatic rings. The highest BCUT2D eigenvalue weighted by Crippen LogP contribution is 2.12. The number of carbonyl (C=O) groups is 1. The van der Waals surface area contributed by atoms with Crippen LogP contribution in [0.15, 0.2) is 24.3 Å². The van der Waals surface area contributed by atoms with Gasteiger partial charge in [-0.1, -0.05) is 31.9 Å². The predicted molar refractivity (Wildman–Crippen MR) is 81.3 cm³/mol. The zero-order valence-electron chi connectivity index (χ0n) is 12.7. The van der Waals surface area contributed by atoms with E-state index in [9.17, 15) is 9.18 Å². The van der Waals surface area contributed by atoms with Gasteiger partial charge in [0.2, 0.25) is 5.91 Å². The molecule has 0 aliphatic carbocycles. The van der Waals surface area contributed by atoms with Crippen LogP contribution in [0, 0.1) is 5.82 Å². The van der Waals surface area contributed by atoms with Crippen LogP contribution in [-0.4, -0.2) is 29.9 Å². The molecule has 0 unspecified atom stereocenters. The molecule has 1 aromatic carbocycles. The van der Waals surface area contributed by atoms with Crippen molar-refractivity contribution in [2.24, 2.45) is 0 Å². The summed E-state index contributed by atoms with van der Waals surface area (Å²) in [5.41, 5.74) is 0.245. The lowest BCUT2D eigenvalue weighted by Gasteiger charge is -2.25. The molecule has 0 radical (unpaired) electrons. The van der Waals surface area contributed by atoms with Gasteiger partial charge in [-0.3, -0.25) is 9.69 Å². The van der Waals surface area contributed by atoms with Crippen LogP contribution in [0.5, 0.6) is 0 Å². The lowest BCUT2D eigenvalue weighted by atomic mass is 10.2. The van der Waals surface area contributed by atoms with E-state index in [2.05, 4.69) is 31.0 Å². The van der Waals surface area contributed by atoms with Gasteiger partial charge in [-0.25, -0.2) is 4.39 Å². The molecular weight excluding hydrogens is 255 g/mol. The van der Waals surface area contributed by atoms with E-state index in [0.717, 1.165) is 25.8 Å². The summed E-state index contributed by atoms with van der Waals surface area (Å²) in [5.74, 6) is -0.566. The van der Waals surface area contributed by atoms with E-state index in [-0.39, 0.29) is 11.6 Å². The Bertz CT molecular complexity index is 421. The second-order valence-electron chi connectivity index (χ2n) is 5.30. The number of carbonyl (C=O) groups excluding carboxylic acids is 1. The van der Waals surface area contributed by atoms with Crippen LogP contribution in [0.3, 0.4) is 0 Å². The Labute approximate surface area is 121 Å². The molecule has 0 aromatic heterocycles. The molecule has 1 N–H and O–H groups in total. The first-order valence-corrected chi connectivity index (χ1v) is 7.33. The summed E-state index contributed by atoms with van der Waals surface area (Å²) >= 11 is 0. The standard InChI is InChI=1S/C16H25FN2O/c1-4-5-8-11-19(13(2)3)12-16(20)18-15-10-7-6-9-14(15)17/h6-7,9-10,13H,4-5,8,11-12H2,1-3H3,(H,18,20). The summed E-state index contributed by atoms with van der Waals surface area (Å²) in [5, 5.41) is 2.63. The molecule has 20 heavy (non-hydrogen) atoms. The number of amides is 1. The maximum absolute atomic E-state index is 13.5. The van der Waals surface area contributed by atoms with Crippen LogP contribution >= 0.6 is 0 Å². The fourth-order valence-corrected chi connectivity index (χ4v) is 2.02. The first kappa shape index (κ1) is 16.6. The first-order valence-electron chi connectivity index (χ1n) is 7.33. The number of nitrogens with one attached hydrogen (secondary N) is 1. The van der Waals surface area contributed by atoms with E-state index in [4.69, 9.17) is 0 Å². The fraction of sp³-hybridized carbons (Fsp3) is 0.562. The minimum atomic E-state index is -0.400. The van der Waals surface area contributed by atoms with E-state index in [1.165, 1.54) is 6.07 Å². The van der Waals surface area contributed by atoms with Gasteiger partial charge >= 0.3 is 0 Å². The van der Waals surface area contributed by atoms with E-state index in [1.807, 2.05) is 0 Å². The van der Waals surface area contributed by atoms with Crippen LogP contribution in [0.4, 0.5) is 10.1 Å². The summed E-state index contributed by atoms with van der Waals surface area (Å²) < 4.78 is 13.5. The molecule has 112 valence electrons. The van der Waals surface area contributed by atoms with Crippen molar-refractivity contribution >= 4 is 11.6 Å². The second kappa shape index (κ2) is 8.69. The maximum atomic E-state index is 13.5. The van der Waals surface area contributed by atoms with Crippen molar-refractivity contribution in [1.29, 1.82) is 0 Å². The predicted octanol–water partition coefficient (Wildman–Crippen LogP) is 3.66. The summed E-state index contributed by atoms with van der Waals surface area (Å²) in [7, 11) is 0. The molecule has 0 fully saturated rings. The van der Waals surface area contributed by atoms with Crippen molar-refractivity contribution in [1.82, 2.24) is 4.90 Å².